The Kier molecular flexibility index (Phi) is 5.63. The van der Waals surface area contributed by atoms with Crippen LogP contribution in [-0.4, -0.2) is 79.3 Å². The lowest BCUT2D eigenvalue weighted by Gasteiger charge is -2.23. The fraction of sp³-hybridized carbons (Fsp3) is 0.385. The van der Waals surface area contributed by atoms with E-state index in [1.54, 1.807) is 12.4 Å². The van der Waals surface area contributed by atoms with Gasteiger partial charge in [-0.1, -0.05) is 17.7 Å². The lowest BCUT2D eigenvalue weighted by Crippen LogP contribution is -2.38. The van der Waals surface area contributed by atoms with Crippen LogP contribution in [0, 0.1) is 13.8 Å². The van der Waals surface area contributed by atoms with Crippen LogP contribution < -0.4 is 0 Å². The molecule has 0 radical (unpaired) electrons. The summed E-state index contributed by atoms with van der Waals surface area (Å²) in [6.45, 7) is 7.07. The summed E-state index contributed by atoms with van der Waals surface area (Å²) >= 11 is 1.50. The Labute approximate surface area is 207 Å². The normalized spacial score (nSPS) is 20.8. The largest absolute Gasteiger partial charge is 0.392 e. The van der Waals surface area contributed by atoms with Crippen molar-refractivity contribution in [3.05, 3.63) is 53.5 Å². The molecule has 2 aliphatic rings. The van der Waals surface area contributed by atoms with Gasteiger partial charge in [-0.2, -0.15) is 5.10 Å². The molecule has 3 aromatic heterocycles. The van der Waals surface area contributed by atoms with Crippen LogP contribution in [0.1, 0.15) is 34.5 Å². The van der Waals surface area contributed by atoms with Crippen molar-refractivity contribution in [2.75, 3.05) is 26.2 Å². The van der Waals surface area contributed by atoms with Crippen LogP contribution >= 0.6 is 11.3 Å². The van der Waals surface area contributed by atoms with Gasteiger partial charge in [-0.3, -0.25) is 19.8 Å². The number of aliphatic hydroxyl groups excluding tert-OH is 1. The molecular formula is C26H28N6O2S. The number of nitrogens with one attached hydrogen (secondary N) is 1. The highest BCUT2D eigenvalue weighted by Crippen LogP contribution is 2.38. The van der Waals surface area contributed by atoms with E-state index in [9.17, 15) is 9.90 Å². The van der Waals surface area contributed by atoms with Gasteiger partial charge in [0.25, 0.3) is 5.91 Å². The summed E-state index contributed by atoms with van der Waals surface area (Å²) in [4.78, 5) is 28.0. The molecule has 2 saturated heterocycles. The maximum atomic E-state index is 13.8. The molecule has 0 spiro atoms. The number of H-pyrrole nitrogens is 1. The van der Waals surface area contributed by atoms with Crippen LogP contribution in [0.4, 0.5) is 0 Å². The number of hydrogen-bond acceptors (Lipinski definition) is 7. The van der Waals surface area contributed by atoms with Crippen molar-refractivity contribution < 1.29 is 9.90 Å². The summed E-state index contributed by atoms with van der Waals surface area (Å²) in [5.41, 5.74) is 5.38. The second-order valence-electron chi connectivity index (χ2n) is 9.65. The molecule has 6 rings (SSSR count). The third-order valence-electron chi connectivity index (χ3n) is 7.12. The van der Waals surface area contributed by atoms with Crippen molar-refractivity contribution in [3.63, 3.8) is 0 Å². The average Bonchev–Trinajstić information content (AvgIpc) is 3.64. The van der Waals surface area contributed by atoms with Gasteiger partial charge in [0.2, 0.25) is 0 Å². The minimum absolute atomic E-state index is 0.0511. The van der Waals surface area contributed by atoms with Gasteiger partial charge in [-0.05, 0) is 44.4 Å². The first-order valence-electron chi connectivity index (χ1n) is 12.1. The number of aromatic amines is 1. The van der Waals surface area contributed by atoms with Crippen LogP contribution in [0.2, 0.25) is 0 Å². The molecule has 0 saturated carbocycles. The van der Waals surface area contributed by atoms with Crippen molar-refractivity contribution in [2.24, 2.45) is 0 Å². The fourth-order valence-electron chi connectivity index (χ4n) is 5.37. The Balaban J connectivity index is 1.37. The van der Waals surface area contributed by atoms with Gasteiger partial charge in [0, 0.05) is 55.6 Å². The third-order valence-corrected chi connectivity index (χ3v) is 8.24. The van der Waals surface area contributed by atoms with E-state index in [1.165, 1.54) is 11.3 Å². The third kappa shape index (κ3) is 4.03. The molecule has 2 atom stereocenters. The Morgan fingerprint density at radius 2 is 2.09 bits per heavy atom. The van der Waals surface area contributed by atoms with Crippen molar-refractivity contribution in [2.45, 2.75) is 38.8 Å². The van der Waals surface area contributed by atoms with Gasteiger partial charge >= 0.3 is 0 Å². The van der Waals surface area contributed by atoms with Gasteiger partial charge in [0.05, 0.1) is 16.5 Å². The quantitative estimate of drug-likeness (QED) is 0.455. The predicted molar refractivity (Wildman–Crippen MR) is 136 cm³/mol. The van der Waals surface area contributed by atoms with E-state index in [0.29, 0.717) is 31.4 Å². The Hall–Kier alpha value is -3.14. The van der Waals surface area contributed by atoms with E-state index in [4.69, 9.17) is 4.98 Å². The number of aliphatic hydroxyl groups is 1. The number of amides is 1. The smallest absolute Gasteiger partial charge is 0.274 e. The zero-order chi connectivity index (χ0) is 24.1. The van der Waals surface area contributed by atoms with Crippen molar-refractivity contribution in [1.29, 1.82) is 0 Å². The highest BCUT2D eigenvalue weighted by atomic mass is 32.1. The van der Waals surface area contributed by atoms with E-state index in [0.717, 1.165) is 62.6 Å². The first-order chi connectivity index (χ1) is 17.0. The predicted octanol–water partition coefficient (Wildman–Crippen LogP) is 3.65. The standard InChI is InChI=1S/C26H28N6O2S/c1-15-10-16(2)21-20(11-15)22(30-29-21)25-28-23(24(35-25)17-4-3-7-27-12-17)26(34)32-8-5-18(13-32)31-9-6-19(33)14-31/h3-4,7,10-12,18-19,33H,5-6,8-9,13-14H2,1-2H3,(H,29,30)/t18-,19?/m0/s1. The number of pyridine rings is 1. The van der Waals surface area contributed by atoms with Crippen molar-refractivity contribution in [1.82, 2.24) is 30.0 Å². The molecule has 5 heterocycles. The lowest BCUT2D eigenvalue weighted by molar-refractivity contribution is 0.0774. The lowest BCUT2D eigenvalue weighted by atomic mass is 10.1. The summed E-state index contributed by atoms with van der Waals surface area (Å²) in [6, 6.07) is 8.38. The van der Waals surface area contributed by atoms with Gasteiger partial charge < -0.3 is 10.0 Å². The van der Waals surface area contributed by atoms with Crippen molar-refractivity contribution in [3.8, 4) is 21.1 Å². The molecule has 2 fully saturated rings. The number of hydrogen-bond donors (Lipinski definition) is 2. The Morgan fingerprint density at radius 3 is 2.86 bits per heavy atom. The zero-order valence-electron chi connectivity index (χ0n) is 19.9. The molecule has 1 amide bonds. The second kappa shape index (κ2) is 8.82. The number of rotatable bonds is 4. The molecule has 180 valence electrons. The molecule has 1 unspecified atom stereocenters. The van der Waals surface area contributed by atoms with Crippen LogP contribution in [0.5, 0.6) is 0 Å². The van der Waals surface area contributed by atoms with E-state index in [2.05, 4.69) is 46.1 Å². The number of thiazole rings is 1. The minimum Gasteiger partial charge on any atom is -0.392 e. The van der Waals surface area contributed by atoms with Crippen LogP contribution in [0.15, 0.2) is 36.7 Å². The number of carbonyl (C=O) groups excluding carboxylic acids is 1. The van der Waals surface area contributed by atoms with Gasteiger partial charge in [0.1, 0.15) is 16.4 Å². The molecule has 35 heavy (non-hydrogen) atoms. The maximum Gasteiger partial charge on any atom is 0.274 e. The molecule has 0 aliphatic carbocycles. The van der Waals surface area contributed by atoms with Gasteiger partial charge in [0.15, 0.2) is 0 Å². The highest BCUT2D eigenvalue weighted by molar-refractivity contribution is 7.18. The Morgan fingerprint density at radius 1 is 1.20 bits per heavy atom. The molecule has 2 aliphatic heterocycles. The molecule has 4 aromatic rings. The first-order valence-corrected chi connectivity index (χ1v) is 12.9. The van der Waals surface area contributed by atoms with Gasteiger partial charge in [-0.25, -0.2) is 4.98 Å². The molecule has 0 bridgehead atoms. The summed E-state index contributed by atoms with van der Waals surface area (Å²) in [6.07, 6.45) is 4.99. The fourth-order valence-corrected chi connectivity index (χ4v) is 6.43. The summed E-state index contributed by atoms with van der Waals surface area (Å²) in [5, 5.41) is 19.4. The number of carbonyl (C=O) groups is 1. The van der Waals surface area contributed by atoms with E-state index >= 15 is 0 Å². The molecule has 2 N–H and O–H groups in total. The van der Waals surface area contributed by atoms with E-state index in [-0.39, 0.29) is 12.0 Å². The second-order valence-corrected chi connectivity index (χ2v) is 10.6. The minimum atomic E-state index is -0.255. The summed E-state index contributed by atoms with van der Waals surface area (Å²) < 4.78 is 0. The topological polar surface area (TPSA) is 98.2 Å². The number of aromatic nitrogens is 4. The number of likely N-dealkylation sites (tertiary alicyclic amines) is 2. The number of fused-ring (bicyclic) bond motifs is 1. The number of nitrogens with zero attached hydrogens (tertiary/aromatic N) is 5. The molecule has 8 nitrogen and oxygen atoms in total. The van der Waals surface area contributed by atoms with Gasteiger partial charge in [-0.15, -0.1) is 11.3 Å². The average molecular weight is 489 g/mol. The summed E-state index contributed by atoms with van der Waals surface area (Å²) in [5.74, 6) is -0.0511. The van der Waals surface area contributed by atoms with Crippen LogP contribution in [0.3, 0.4) is 0 Å². The highest BCUT2D eigenvalue weighted by Gasteiger charge is 2.36. The van der Waals surface area contributed by atoms with Crippen molar-refractivity contribution >= 4 is 28.1 Å². The monoisotopic (exact) mass is 488 g/mol. The van der Waals surface area contributed by atoms with Crippen LogP contribution in [-0.2, 0) is 0 Å². The molecular weight excluding hydrogens is 460 g/mol. The number of aryl methyl sites for hydroxylation is 2. The maximum absolute atomic E-state index is 13.8. The first kappa shape index (κ1) is 22.3. The van der Waals surface area contributed by atoms with E-state index < -0.39 is 0 Å². The zero-order valence-corrected chi connectivity index (χ0v) is 20.7. The number of benzene rings is 1. The Bertz CT molecular complexity index is 1400. The molecule has 1 aromatic carbocycles. The van der Waals surface area contributed by atoms with Crippen LogP contribution in [0.25, 0.3) is 32.0 Å². The number of β-amino-alcohol motifs (C(OH)–C–C–N with tert-alkyl or cyclic N) is 1. The van der Waals surface area contributed by atoms with E-state index in [1.807, 2.05) is 17.0 Å². The summed E-state index contributed by atoms with van der Waals surface area (Å²) in [7, 11) is 0. The SMILES string of the molecule is Cc1cc(C)c2n[nH]c(-c3nc(C(=O)N4CC[C@H](N5CCC(O)C5)C4)c(-c4cccnc4)s3)c2c1. The molecule has 9 heteroatoms.